The molecule has 1 aliphatic heterocycles. The summed E-state index contributed by atoms with van der Waals surface area (Å²) in [6.07, 6.45) is 3.71. The Hall–Kier alpha value is -2.79. The summed E-state index contributed by atoms with van der Waals surface area (Å²) in [5.74, 6) is -0.0592. The minimum atomic E-state index is -0.284. The molecule has 6 heteroatoms. The second-order valence-corrected chi connectivity index (χ2v) is 7.97. The van der Waals surface area contributed by atoms with Crippen LogP contribution in [0.15, 0.2) is 53.6 Å². The Labute approximate surface area is 168 Å². The van der Waals surface area contributed by atoms with Gasteiger partial charge in [-0.25, -0.2) is 0 Å². The van der Waals surface area contributed by atoms with Crippen molar-refractivity contribution in [2.24, 2.45) is 7.05 Å². The second-order valence-electron chi connectivity index (χ2n) is 7.54. The molecule has 1 aliphatic rings. The number of rotatable bonds is 3. The van der Waals surface area contributed by atoms with Crippen molar-refractivity contribution in [1.29, 1.82) is 0 Å². The van der Waals surface area contributed by atoms with E-state index in [4.69, 9.17) is 11.6 Å². The van der Waals surface area contributed by atoms with Crippen molar-refractivity contribution in [2.75, 3.05) is 4.90 Å². The number of benzene rings is 1. The number of amides is 1. The lowest BCUT2D eigenvalue weighted by atomic mass is 10.0. The van der Waals surface area contributed by atoms with Crippen LogP contribution in [0.4, 0.5) is 5.69 Å². The molecule has 4 rings (SSSR count). The van der Waals surface area contributed by atoms with E-state index in [1.54, 1.807) is 24.2 Å². The Bertz CT molecular complexity index is 1130. The maximum atomic E-state index is 13.4. The summed E-state index contributed by atoms with van der Waals surface area (Å²) in [6, 6.07) is 11.0. The Morgan fingerprint density at radius 1 is 1.07 bits per heavy atom. The molecule has 0 N–H and O–H groups in total. The Morgan fingerprint density at radius 2 is 1.75 bits per heavy atom. The highest BCUT2D eigenvalue weighted by Gasteiger charge is 2.42. The monoisotopic (exact) mass is 395 g/mol. The fourth-order valence-corrected chi connectivity index (χ4v) is 4.04. The maximum absolute atomic E-state index is 13.4. The SMILES string of the molecule is Cc1cc(=O)n(C)cc1N1C(=O)c2ccn(C(C)C)c2C1c1ccc(Cl)cc1. The third-order valence-electron chi connectivity index (χ3n) is 5.33. The molecule has 2 aromatic heterocycles. The van der Waals surface area contributed by atoms with Crippen molar-refractivity contribution in [3.63, 3.8) is 0 Å². The number of hydrogen-bond acceptors (Lipinski definition) is 2. The topological polar surface area (TPSA) is 47.2 Å². The molecule has 1 aromatic carbocycles. The van der Waals surface area contributed by atoms with Gasteiger partial charge in [0.25, 0.3) is 11.5 Å². The minimum Gasteiger partial charge on any atom is -0.346 e. The van der Waals surface area contributed by atoms with E-state index in [-0.39, 0.29) is 23.6 Å². The summed E-state index contributed by atoms with van der Waals surface area (Å²) < 4.78 is 3.65. The zero-order valence-electron chi connectivity index (χ0n) is 16.3. The maximum Gasteiger partial charge on any atom is 0.261 e. The molecule has 0 saturated heterocycles. The standard InChI is InChI=1S/C22H22ClN3O2/c1-13(2)25-10-9-17-21(25)20(15-5-7-16(23)8-6-15)26(22(17)28)18-12-24(4)19(27)11-14(18)3/h5-13,20H,1-4H3. The summed E-state index contributed by atoms with van der Waals surface area (Å²) in [5, 5.41) is 0.650. The fourth-order valence-electron chi connectivity index (χ4n) is 3.91. The van der Waals surface area contributed by atoms with Crippen LogP contribution in [0.2, 0.25) is 5.02 Å². The van der Waals surface area contributed by atoms with Crippen LogP contribution in [0.1, 0.15) is 53.1 Å². The van der Waals surface area contributed by atoms with Crippen molar-refractivity contribution < 1.29 is 4.79 Å². The zero-order chi connectivity index (χ0) is 20.2. The molecule has 0 fully saturated rings. The van der Waals surface area contributed by atoms with Crippen LogP contribution in [-0.2, 0) is 7.05 Å². The molecule has 0 aliphatic carbocycles. The highest BCUT2D eigenvalue weighted by molar-refractivity contribution is 6.30. The van der Waals surface area contributed by atoms with Gasteiger partial charge in [0.15, 0.2) is 0 Å². The van der Waals surface area contributed by atoms with E-state index in [0.29, 0.717) is 10.6 Å². The van der Waals surface area contributed by atoms with Crippen LogP contribution in [0.3, 0.4) is 0 Å². The summed E-state index contributed by atoms with van der Waals surface area (Å²) in [6.45, 7) is 6.07. The van der Waals surface area contributed by atoms with Gasteiger partial charge in [-0.3, -0.25) is 14.5 Å². The van der Waals surface area contributed by atoms with Gasteiger partial charge in [0.2, 0.25) is 0 Å². The van der Waals surface area contributed by atoms with E-state index < -0.39 is 0 Å². The van der Waals surface area contributed by atoms with Crippen molar-refractivity contribution >= 4 is 23.2 Å². The van der Waals surface area contributed by atoms with Crippen LogP contribution in [0.5, 0.6) is 0 Å². The predicted octanol–water partition coefficient (Wildman–Crippen LogP) is 4.48. The quantitative estimate of drug-likeness (QED) is 0.656. The number of aryl methyl sites for hydroxylation is 2. The van der Waals surface area contributed by atoms with Gasteiger partial charge in [0.05, 0.1) is 16.9 Å². The average molecular weight is 396 g/mol. The first kappa shape index (κ1) is 18.6. The van der Waals surface area contributed by atoms with Crippen molar-refractivity contribution in [3.05, 3.63) is 86.6 Å². The summed E-state index contributed by atoms with van der Waals surface area (Å²) in [4.78, 5) is 27.3. The summed E-state index contributed by atoms with van der Waals surface area (Å²) in [7, 11) is 1.70. The molecule has 144 valence electrons. The van der Waals surface area contributed by atoms with Gasteiger partial charge in [-0.05, 0) is 50.1 Å². The molecule has 3 aromatic rings. The second kappa shape index (κ2) is 6.67. The number of aromatic nitrogens is 2. The highest BCUT2D eigenvalue weighted by Crippen LogP contribution is 2.43. The van der Waals surface area contributed by atoms with E-state index in [2.05, 4.69) is 18.4 Å². The predicted molar refractivity (Wildman–Crippen MR) is 111 cm³/mol. The highest BCUT2D eigenvalue weighted by atomic mass is 35.5. The molecule has 28 heavy (non-hydrogen) atoms. The van der Waals surface area contributed by atoms with Crippen LogP contribution in [0, 0.1) is 6.92 Å². The fraction of sp³-hybridized carbons (Fsp3) is 0.273. The van der Waals surface area contributed by atoms with E-state index in [0.717, 1.165) is 22.5 Å². The van der Waals surface area contributed by atoms with Gasteiger partial charge in [0, 0.05) is 36.6 Å². The number of carbonyl (C=O) groups excluding carboxylic acids is 1. The number of fused-ring (bicyclic) bond motifs is 1. The van der Waals surface area contributed by atoms with Gasteiger partial charge < -0.3 is 9.13 Å². The Morgan fingerprint density at radius 3 is 2.39 bits per heavy atom. The van der Waals surface area contributed by atoms with Gasteiger partial charge in [-0.1, -0.05) is 23.7 Å². The molecule has 1 unspecified atom stereocenters. The molecule has 0 spiro atoms. The normalized spacial score (nSPS) is 16.1. The lowest BCUT2D eigenvalue weighted by molar-refractivity contribution is 0.0993. The van der Waals surface area contributed by atoms with Crippen molar-refractivity contribution in [3.8, 4) is 0 Å². The number of nitrogens with zero attached hydrogens (tertiary/aromatic N) is 3. The number of carbonyl (C=O) groups is 1. The third-order valence-corrected chi connectivity index (χ3v) is 5.58. The minimum absolute atomic E-state index is 0.0592. The molecule has 5 nitrogen and oxygen atoms in total. The molecule has 1 atom stereocenters. The average Bonchev–Trinajstić information content (AvgIpc) is 3.19. The van der Waals surface area contributed by atoms with E-state index >= 15 is 0 Å². The lowest BCUT2D eigenvalue weighted by Crippen LogP contribution is -2.32. The van der Waals surface area contributed by atoms with Gasteiger partial charge >= 0.3 is 0 Å². The molecule has 0 radical (unpaired) electrons. The van der Waals surface area contributed by atoms with Gasteiger partial charge in [-0.2, -0.15) is 0 Å². The van der Waals surface area contributed by atoms with Crippen molar-refractivity contribution in [1.82, 2.24) is 9.13 Å². The molecular weight excluding hydrogens is 374 g/mol. The first-order valence-electron chi connectivity index (χ1n) is 9.26. The van der Waals surface area contributed by atoms with Crippen molar-refractivity contribution in [2.45, 2.75) is 32.9 Å². The zero-order valence-corrected chi connectivity index (χ0v) is 17.1. The Kier molecular flexibility index (Phi) is 4.42. The molecule has 1 amide bonds. The Balaban J connectivity index is 1.97. The molecule has 0 bridgehead atoms. The lowest BCUT2D eigenvalue weighted by Gasteiger charge is -2.29. The summed E-state index contributed by atoms with van der Waals surface area (Å²) >= 11 is 6.10. The van der Waals surface area contributed by atoms with Crippen LogP contribution in [-0.4, -0.2) is 15.0 Å². The van der Waals surface area contributed by atoms with Crippen LogP contribution >= 0.6 is 11.6 Å². The van der Waals surface area contributed by atoms with Crippen LogP contribution in [0.25, 0.3) is 0 Å². The van der Waals surface area contributed by atoms with E-state index in [1.165, 1.54) is 4.57 Å². The first-order chi connectivity index (χ1) is 13.3. The molecule has 0 saturated carbocycles. The largest absolute Gasteiger partial charge is 0.346 e. The van der Waals surface area contributed by atoms with E-state index in [1.807, 2.05) is 43.5 Å². The first-order valence-corrected chi connectivity index (χ1v) is 9.64. The van der Waals surface area contributed by atoms with Gasteiger partial charge in [-0.15, -0.1) is 0 Å². The third kappa shape index (κ3) is 2.78. The van der Waals surface area contributed by atoms with E-state index in [9.17, 15) is 9.59 Å². The summed E-state index contributed by atoms with van der Waals surface area (Å²) in [5.41, 5.74) is 4.05. The number of anilines is 1. The number of pyridine rings is 1. The van der Waals surface area contributed by atoms with Gasteiger partial charge in [0.1, 0.15) is 6.04 Å². The number of hydrogen-bond donors (Lipinski definition) is 0. The molecule has 3 heterocycles. The molecular formula is C22H22ClN3O2. The van der Waals surface area contributed by atoms with Crippen LogP contribution < -0.4 is 10.5 Å². The number of halogens is 1. The smallest absolute Gasteiger partial charge is 0.261 e.